The Bertz CT molecular complexity index is 426. The maximum absolute atomic E-state index is 2.51. The molecule has 0 aliphatic heterocycles. The molecule has 0 atom stereocenters. The van der Waals surface area contributed by atoms with Gasteiger partial charge in [0, 0.05) is 0 Å². The summed E-state index contributed by atoms with van der Waals surface area (Å²) in [5, 5.41) is 3.76. The zero-order valence-electron chi connectivity index (χ0n) is 14.6. The number of hydrogen-bond donors (Lipinski definition) is 0. The van der Waals surface area contributed by atoms with Gasteiger partial charge in [-0.1, -0.05) is 0 Å². The molecular formula is C18H30Cl2Si2Zr. The maximum atomic E-state index is 2.51. The Hall–Kier alpha value is 0.857. The first-order valence-electron chi connectivity index (χ1n) is 8.89. The zero-order chi connectivity index (χ0) is 14.9. The fraction of sp³-hybridized carbons (Fsp3) is 0.556. The van der Waals surface area contributed by atoms with Gasteiger partial charge in [0.05, 0.1) is 0 Å². The van der Waals surface area contributed by atoms with Crippen LogP contribution in [0.15, 0.2) is 41.3 Å². The molecule has 0 saturated carbocycles. The summed E-state index contributed by atoms with van der Waals surface area (Å²) in [6.45, 7) is 4.65. The Morgan fingerprint density at radius 3 is 1.65 bits per heavy atom. The monoisotopic (exact) mass is 462 g/mol. The van der Waals surface area contributed by atoms with Gasteiger partial charge < -0.3 is 24.8 Å². The molecule has 0 aromatic heterocycles. The second kappa shape index (κ2) is 14.1. The number of allylic oxidation sites excluding steroid dienone is 8. The van der Waals surface area contributed by atoms with Crippen LogP contribution in [0.3, 0.4) is 0 Å². The first kappa shape index (κ1) is 23.9. The van der Waals surface area contributed by atoms with Gasteiger partial charge in [0.2, 0.25) is 0 Å². The predicted molar refractivity (Wildman–Crippen MR) is 98.1 cm³/mol. The van der Waals surface area contributed by atoms with E-state index in [2.05, 4.69) is 38.2 Å². The Balaban J connectivity index is 0.00000242. The minimum atomic E-state index is -0.410. The number of rotatable bonds is 10. The molecule has 23 heavy (non-hydrogen) atoms. The van der Waals surface area contributed by atoms with Gasteiger partial charge in [0.25, 0.3) is 0 Å². The van der Waals surface area contributed by atoms with Crippen molar-refractivity contribution >= 4 is 19.0 Å². The maximum Gasteiger partial charge on any atom is -1.00 e. The Morgan fingerprint density at radius 1 is 0.826 bits per heavy atom. The minimum Gasteiger partial charge on any atom is -1.00 e. The SMILES string of the molecule is CCCC[SiH2]C1=[C]([Zr+2][C]2=C([SiH2]CCCC)C=CC2)CC=C1.[Cl-].[Cl-]. The number of unbranched alkanes of at least 4 members (excludes halogenated alkanes) is 2. The van der Waals surface area contributed by atoms with E-state index in [9.17, 15) is 0 Å². The third kappa shape index (κ3) is 8.18. The van der Waals surface area contributed by atoms with E-state index in [4.69, 9.17) is 0 Å². The van der Waals surface area contributed by atoms with E-state index in [0.717, 1.165) is 0 Å². The largest absolute Gasteiger partial charge is 1.00 e. The first-order valence-corrected chi connectivity index (χ1v) is 14.8. The van der Waals surface area contributed by atoms with Crippen LogP contribution >= 0.6 is 0 Å². The quantitative estimate of drug-likeness (QED) is 0.264. The normalized spacial score (nSPS) is 16.8. The predicted octanol–water partition coefficient (Wildman–Crippen LogP) is -1.81. The van der Waals surface area contributed by atoms with Gasteiger partial charge in [-0.3, -0.25) is 0 Å². The average molecular weight is 465 g/mol. The molecule has 0 nitrogen and oxygen atoms in total. The van der Waals surface area contributed by atoms with Crippen molar-refractivity contribution in [2.45, 2.75) is 64.5 Å². The topological polar surface area (TPSA) is 0 Å². The van der Waals surface area contributed by atoms with Crippen LogP contribution in [0.1, 0.15) is 52.4 Å². The molecule has 2 aliphatic carbocycles. The molecule has 0 aromatic carbocycles. The third-order valence-corrected chi connectivity index (χ3v) is 14.4. The number of halogens is 2. The molecule has 5 heteroatoms. The first-order chi connectivity index (χ1) is 10.3. The van der Waals surface area contributed by atoms with E-state index in [0.29, 0.717) is 0 Å². The molecule has 2 aliphatic rings. The van der Waals surface area contributed by atoms with Crippen LogP contribution in [0.4, 0.5) is 0 Å². The van der Waals surface area contributed by atoms with E-state index in [1.807, 2.05) is 17.0 Å². The van der Waals surface area contributed by atoms with E-state index in [1.54, 1.807) is 0 Å². The Kier molecular flexibility index (Phi) is 14.6. The van der Waals surface area contributed by atoms with Crippen LogP contribution in [0.2, 0.25) is 12.1 Å². The van der Waals surface area contributed by atoms with Crippen molar-refractivity contribution < 1.29 is 48.0 Å². The fourth-order valence-electron chi connectivity index (χ4n) is 3.15. The molecule has 0 bridgehead atoms. The molecular weight excluding hydrogens is 435 g/mol. The second-order valence-electron chi connectivity index (χ2n) is 6.26. The van der Waals surface area contributed by atoms with Crippen LogP contribution in [0, 0.1) is 0 Å². The molecule has 0 aromatic rings. The standard InChI is InChI=1S/2C9H15Si.2ClH.Zr/c2*1-2-3-8-10-9-6-4-5-7-9;;;/h2*4,6H,2-3,5,8,10H2,1H3;2*1H;/q;;;;+2/p-2. The Morgan fingerprint density at radius 2 is 1.26 bits per heavy atom. The third-order valence-electron chi connectivity index (χ3n) is 4.46. The summed E-state index contributed by atoms with van der Waals surface area (Å²) in [4.78, 5) is 0. The summed E-state index contributed by atoms with van der Waals surface area (Å²) in [5.74, 6) is 0. The van der Waals surface area contributed by atoms with Crippen LogP contribution < -0.4 is 24.8 Å². The number of hydrogen-bond acceptors (Lipinski definition) is 0. The van der Waals surface area contributed by atoms with Crippen molar-refractivity contribution in [3.63, 3.8) is 0 Å². The van der Waals surface area contributed by atoms with Crippen molar-refractivity contribution in [3.05, 3.63) is 41.3 Å². The van der Waals surface area contributed by atoms with Crippen molar-refractivity contribution in [3.8, 4) is 0 Å². The molecule has 0 spiro atoms. The zero-order valence-corrected chi connectivity index (χ0v) is 21.4. The average Bonchev–Trinajstić information content (AvgIpc) is 3.10. The summed E-state index contributed by atoms with van der Waals surface area (Å²) in [6.07, 6.45) is 18.3. The van der Waals surface area contributed by atoms with Gasteiger partial charge >= 0.3 is 148 Å². The van der Waals surface area contributed by atoms with E-state index < -0.39 is 23.2 Å². The van der Waals surface area contributed by atoms with Crippen molar-refractivity contribution in [2.24, 2.45) is 0 Å². The summed E-state index contributed by atoms with van der Waals surface area (Å²) in [5.41, 5.74) is 0. The molecule has 0 unspecified atom stereocenters. The fourth-order valence-corrected chi connectivity index (χ4v) is 13.0. The molecule has 2 rings (SSSR count). The van der Waals surface area contributed by atoms with Crippen molar-refractivity contribution in [1.82, 2.24) is 0 Å². The summed E-state index contributed by atoms with van der Waals surface area (Å²) < 4.78 is 3.92. The summed E-state index contributed by atoms with van der Waals surface area (Å²) in [6, 6.07) is 3.07. The van der Waals surface area contributed by atoms with Gasteiger partial charge in [-0.2, -0.15) is 0 Å². The van der Waals surface area contributed by atoms with Gasteiger partial charge in [-0.15, -0.1) is 0 Å². The van der Waals surface area contributed by atoms with Gasteiger partial charge in [-0.25, -0.2) is 0 Å². The van der Waals surface area contributed by atoms with Gasteiger partial charge in [-0.05, 0) is 0 Å². The molecule has 0 radical (unpaired) electrons. The minimum absolute atomic E-state index is 0. The van der Waals surface area contributed by atoms with Crippen LogP contribution in [0.25, 0.3) is 0 Å². The smallest absolute Gasteiger partial charge is 1.00 e. The van der Waals surface area contributed by atoms with Crippen molar-refractivity contribution in [2.75, 3.05) is 0 Å². The van der Waals surface area contributed by atoms with Crippen LogP contribution in [-0.2, 0) is 23.2 Å². The second-order valence-corrected chi connectivity index (χ2v) is 13.8. The van der Waals surface area contributed by atoms with E-state index in [-0.39, 0.29) is 43.9 Å². The van der Waals surface area contributed by atoms with Crippen LogP contribution in [-0.4, -0.2) is 19.0 Å². The molecule has 0 saturated heterocycles. The van der Waals surface area contributed by atoms with E-state index >= 15 is 0 Å². The Labute approximate surface area is 171 Å². The van der Waals surface area contributed by atoms with Crippen LogP contribution in [0.5, 0.6) is 0 Å². The van der Waals surface area contributed by atoms with Crippen molar-refractivity contribution in [1.29, 1.82) is 0 Å². The van der Waals surface area contributed by atoms with Gasteiger partial charge in [0.1, 0.15) is 0 Å². The molecule has 0 amide bonds. The molecule has 128 valence electrons. The summed E-state index contributed by atoms with van der Waals surface area (Å²) in [7, 11) is 0.117. The van der Waals surface area contributed by atoms with Gasteiger partial charge in [0.15, 0.2) is 0 Å². The van der Waals surface area contributed by atoms with E-state index in [1.165, 1.54) is 50.6 Å². The summed E-state index contributed by atoms with van der Waals surface area (Å²) >= 11 is -0.410. The molecule has 0 heterocycles. The molecule has 0 fully saturated rings. The molecule has 0 N–H and O–H groups in total.